The van der Waals surface area contributed by atoms with Crippen molar-refractivity contribution in [2.45, 2.75) is 37.1 Å². The van der Waals surface area contributed by atoms with Gasteiger partial charge in [0.15, 0.2) is 0 Å². The molecule has 8 nitrogen and oxygen atoms in total. The van der Waals surface area contributed by atoms with Gasteiger partial charge in [0.05, 0.1) is 19.5 Å². The molecular formula is C22H24O8. The fraction of sp³-hybridized carbons (Fsp3) is 0.364. The molecule has 0 aliphatic carbocycles. The minimum absolute atomic E-state index is 0.153. The SMILES string of the molecule is CCOc1ccc(-c2coc3ccc([C@]4(O)O[C@H](CO)[C@@H](O)[C@H](O)[C@H]4O)cc23)cc1. The standard InChI is InChI=1S/C22H24O8/c1-2-28-14-6-3-12(4-7-14)16-11-29-17-8-5-13(9-15(16)17)22(27)21(26)20(25)19(24)18(10-23)30-22/h3-9,11,18-21,23-27H,2,10H2,1H3/t18-,19-,20+,21-,22+/m1/s1. The summed E-state index contributed by atoms with van der Waals surface area (Å²) >= 11 is 0. The van der Waals surface area contributed by atoms with E-state index < -0.39 is 36.8 Å². The Kier molecular flexibility index (Phi) is 5.54. The summed E-state index contributed by atoms with van der Waals surface area (Å²) in [5.74, 6) is -1.58. The number of rotatable bonds is 5. The molecule has 1 aliphatic rings. The maximum atomic E-state index is 11.1. The van der Waals surface area contributed by atoms with Gasteiger partial charge in [-0.25, -0.2) is 0 Å². The summed E-state index contributed by atoms with van der Waals surface area (Å²) in [6, 6.07) is 12.1. The lowest BCUT2D eigenvalue weighted by Gasteiger charge is -2.45. The molecule has 0 amide bonds. The molecule has 2 aromatic carbocycles. The number of benzene rings is 2. The highest BCUT2D eigenvalue weighted by atomic mass is 16.7. The van der Waals surface area contributed by atoms with Gasteiger partial charge in [-0.2, -0.15) is 0 Å². The Labute approximate surface area is 172 Å². The Hall–Kier alpha value is -2.46. The van der Waals surface area contributed by atoms with E-state index in [-0.39, 0.29) is 5.56 Å². The lowest BCUT2D eigenvalue weighted by Crippen LogP contribution is -2.63. The van der Waals surface area contributed by atoms with Crippen LogP contribution < -0.4 is 4.74 Å². The third-order valence-corrected chi connectivity index (χ3v) is 5.43. The van der Waals surface area contributed by atoms with Gasteiger partial charge in [0.2, 0.25) is 5.79 Å². The zero-order valence-electron chi connectivity index (χ0n) is 16.3. The van der Waals surface area contributed by atoms with Crippen LogP contribution in [0.5, 0.6) is 5.75 Å². The molecule has 1 aromatic heterocycles. The van der Waals surface area contributed by atoms with E-state index in [1.807, 2.05) is 31.2 Å². The molecule has 0 saturated carbocycles. The summed E-state index contributed by atoms with van der Waals surface area (Å²) in [6.07, 6.45) is -4.75. The van der Waals surface area contributed by atoms with Crippen molar-refractivity contribution in [3.63, 3.8) is 0 Å². The van der Waals surface area contributed by atoms with Gasteiger partial charge < -0.3 is 39.4 Å². The average Bonchev–Trinajstić information content (AvgIpc) is 3.19. The van der Waals surface area contributed by atoms with E-state index in [4.69, 9.17) is 13.9 Å². The Balaban J connectivity index is 1.75. The normalized spacial score (nSPS) is 29.3. The lowest BCUT2D eigenvalue weighted by molar-refractivity contribution is -0.357. The predicted molar refractivity (Wildman–Crippen MR) is 107 cm³/mol. The first-order valence-electron chi connectivity index (χ1n) is 9.69. The van der Waals surface area contributed by atoms with Crippen molar-refractivity contribution in [3.05, 3.63) is 54.3 Å². The van der Waals surface area contributed by atoms with E-state index in [0.29, 0.717) is 17.6 Å². The van der Waals surface area contributed by atoms with E-state index in [9.17, 15) is 25.5 Å². The van der Waals surface area contributed by atoms with Crippen LogP contribution >= 0.6 is 0 Å². The third-order valence-electron chi connectivity index (χ3n) is 5.43. The second-order valence-electron chi connectivity index (χ2n) is 7.28. The largest absolute Gasteiger partial charge is 0.494 e. The summed E-state index contributed by atoms with van der Waals surface area (Å²) in [5.41, 5.74) is 2.31. The molecule has 0 unspecified atom stereocenters. The van der Waals surface area contributed by atoms with Gasteiger partial charge in [0, 0.05) is 16.5 Å². The summed E-state index contributed by atoms with van der Waals surface area (Å²) in [4.78, 5) is 0. The zero-order chi connectivity index (χ0) is 21.5. The third kappa shape index (κ3) is 3.37. The summed E-state index contributed by atoms with van der Waals surface area (Å²) < 4.78 is 16.5. The highest BCUT2D eigenvalue weighted by molar-refractivity contribution is 5.94. The Morgan fingerprint density at radius 1 is 1.03 bits per heavy atom. The first-order chi connectivity index (χ1) is 14.4. The van der Waals surface area contributed by atoms with E-state index in [1.165, 1.54) is 6.07 Å². The highest BCUT2D eigenvalue weighted by Gasteiger charge is 2.53. The number of hydrogen-bond acceptors (Lipinski definition) is 8. The van der Waals surface area contributed by atoms with E-state index in [1.54, 1.807) is 18.4 Å². The molecule has 0 radical (unpaired) electrons. The maximum Gasteiger partial charge on any atom is 0.222 e. The molecule has 0 spiro atoms. The number of furan rings is 1. The van der Waals surface area contributed by atoms with Crippen molar-refractivity contribution in [3.8, 4) is 16.9 Å². The fourth-order valence-corrected chi connectivity index (χ4v) is 3.77. The summed E-state index contributed by atoms with van der Waals surface area (Å²) in [5, 5.41) is 51.6. The molecular weight excluding hydrogens is 392 g/mol. The quantitative estimate of drug-likeness (QED) is 0.418. The molecule has 30 heavy (non-hydrogen) atoms. The number of aliphatic hydroxyl groups excluding tert-OH is 4. The van der Waals surface area contributed by atoms with Gasteiger partial charge >= 0.3 is 0 Å². The number of ether oxygens (including phenoxy) is 2. The fourth-order valence-electron chi connectivity index (χ4n) is 3.77. The molecule has 1 aliphatic heterocycles. The predicted octanol–water partition coefficient (Wildman–Crippen LogP) is 1.12. The number of aliphatic hydroxyl groups is 5. The highest BCUT2D eigenvalue weighted by Crippen LogP contribution is 2.39. The summed E-state index contributed by atoms with van der Waals surface area (Å²) in [7, 11) is 0. The molecule has 1 fully saturated rings. The van der Waals surface area contributed by atoms with Gasteiger partial charge in [0.1, 0.15) is 35.7 Å². The zero-order valence-corrected chi connectivity index (χ0v) is 16.3. The van der Waals surface area contributed by atoms with Crippen LogP contribution in [0, 0.1) is 0 Å². The van der Waals surface area contributed by atoms with Crippen molar-refractivity contribution in [2.24, 2.45) is 0 Å². The minimum Gasteiger partial charge on any atom is -0.494 e. The Morgan fingerprint density at radius 2 is 1.77 bits per heavy atom. The van der Waals surface area contributed by atoms with Crippen LogP contribution in [0.25, 0.3) is 22.1 Å². The minimum atomic E-state index is -2.33. The van der Waals surface area contributed by atoms with Gasteiger partial charge in [-0.3, -0.25) is 0 Å². The first kappa shape index (κ1) is 20.8. The van der Waals surface area contributed by atoms with Crippen LogP contribution in [0.2, 0.25) is 0 Å². The van der Waals surface area contributed by atoms with Gasteiger partial charge in [-0.15, -0.1) is 0 Å². The topological polar surface area (TPSA) is 133 Å². The van der Waals surface area contributed by atoms with Crippen LogP contribution in [0.4, 0.5) is 0 Å². The lowest BCUT2D eigenvalue weighted by atomic mass is 9.87. The molecule has 5 N–H and O–H groups in total. The second-order valence-corrected chi connectivity index (χ2v) is 7.28. The Bertz CT molecular complexity index is 1010. The van der Waals surface area contributed by atoms with E-state index in [2.05, 4.69) is 0 Å². The average molecular weight is 416 g/mol. The van der Waals surface area contributed by atoms with Gasteiger partial charge in [-0.1, -0.05) is 12.1 Å². The van der Waals surface area contributed by atoms with Gasteiger partial charge in [0.25, 0.3) is 0 Å². The van der Waals surface area contributed by atoms with Crippen molar-refractivity contribution in [1.29, 1.82) is 0 Å². The number of hydrogen-bond donors (Lipinski definition) is 5. The van der Waals surface area contributed by atoms with Crippen molar-refractivity contribution in [1.82, 2.24) is 0 Å². The van der Waals surface area contributed by atoms with Crippen molar-refractivity contribution >= 4 is 11.0 Å². The molecule has 2 heterocycles. The monoisotopic (exact) mass is 416 g/mol. The molecule has 8 heteroatoms. The van der Waals surface area contributed by atoms with E-state index in [0.717, 1.165) is 16.9 Å². The van der Waals surface area contributed by atoms with Gasteiger partial charge in [-0.05, 0) is 42.8 Å². The van der Waals surface area contributed by atoms with Crippen LogP contribution in [-0.2, 0) is 10.5 Å². The molecule has 1 saturated heterocycles. The van der Waals surface area contributed by atoms with Crippen molar-refractivity contribution in [2.75, 3.05) is 13.2 Å². The van der Waals surface area contributed by atoms with Crippen LogP contribution in [0.3, 0.4) is 0 Å². The van der Waals surface area contributed by atoms with Crippen LogP contribution in [0.1, 0.15) is 12.5 Å². The van der Waals surface area contributed by atoms with Crippen LogP contribution in [0.15, 0.2) is 53.1 Å². The molecule has 0 bridgehead atoms. The molecule has 3 aromatic rings. The van der Waals surface area contributed by atoms with Crippen LogP contribution in [-0.4, -0.2) is 63.2 Å². The second kappa shape index (κ2) is 7.99. The Morgan fingerprint density at radius 3 is 2.43 bits per heavy atom. The van der Waals surface area contributed by atoms with E-state index >= 15 is 0 Å². The smallest absolute Gasteiger partial charge is 0.222 e. The number of fused-ring (bicyclic) bond motifs is 1. The molecule has 160 valence electrons. The maximum absolute atomic E-state index is 11.1. The first-order valence-corrected chi connectivity index (χ1v) is 9.69. The molecule has 5 atom stereocenters. The summed E-state index contributed by atoms with van der Waals surface area (Å²) in [6.45, 7) is 1.83. The molecule has 4 rings (SSSR count). The van der Waals surface area contributed by atoms with Crippen molar-refractivity contribution < 1.29 is 39.4 Å².